The topological polar surface area (TPSA) is 22.1 Å². The molecule has 0 fully saturated rings. The van der Waals surface area contributed by atoms with Gasteiger partial charge in [-0.25, -0.2) is 4.98 Å². The van der Waals surface area contributed by atoms with Crippen molar-refractivity contribution in [3.63, 3.8) is 0 Å². The minimum Gasteiger partial charge on any atom is -0.477 e. The molecule has 0 saturated carbocycles. The fourth-order valence-electron chi connectivity index (χ4n) is 1.84. The van der Waals surface area contributed by atoms with E-state index < -0.39 is 0 Å². The van der Waals surface area contributed by atoms with E-state index in [1.807, 2.05) is 36.5 Å². The average Bonchev–Trinajstić information content (AvgIpc) is 2.46. The lowest BCUT2D eigenvalue weighted by molar-refractivity contribution is 0.330. The van der Waals surface area contributed by atoms with E-state index in [4.69, 9.17) is 16.3 Å². The Morgan fingerprint density at radius 2 is 1.84 bits per heavy atom. The molecule has 1 heterocycles. The van der Waals surface area contributed by atoms with Crippen molar-refractivity contribution in [3.8, 4) is 5.88 Å². The second kappa shape index (κ2) is 6.88. The lowest BCUT2D eigenvalue weighted by Gasteiger charge is -2.12. The number of nitrogens with zero attached hydrogens (tertiary/aromatic N) is 1. The lowest BCUT2D eigenvalue weighted by Crippen LogP contribution is -2.01. The standard InChI is InChI=1S/C15H17ClNOP/c1-11(12-2-5-14(16)6-3-12)13-4-7-15(17-10-13)18-8-9-19/h2-7,10-11H,8-9,19H2,1H3. The molecular weight excluding hydrogens is 277 g/mol. The maximum absolute atomic E-state index is 5.90. The minimum atomic E-state index is 0.292. The van der Waals surface area contributed by atoms with Crippen LogP contribution >= 0.6 is 20.8 Å². The summed E-state index contributed by atoms with van der Waals surface area (Å²) in [5.41, 5.74) is 2.39. The summed E-state index contributed by atoms with van der Waals surface area (Å²) in [6.07, 6.45) is 2.78. The number of ether oxygens (including phenoxy) is 1. The van der Waals surface area contributed by atoms with Crippen molar-refractivity contribution in [3.05, 3.63) is 58.7 Å². The summed E-state index contributed by atoms with van der Waals surface area (Å²) in [5, 5.41) is 0.759. The Morgan fingerprint density at radius 1 is 1.16 bits per heavy atom. The van der Waals surface area contributed by atoms with E-state index in [0.717, 1.165) is 11.2 Å². The van der Waals surface area contributed by atoms with E-state index in [-0.39, 0.29) is 0 Å². The fraction of sp³-hybridized carbons (Fsp3) is 0.267. The quantitative estimate of drug-likeness (QED) is 0.773. The van der Waals surface area contributed by atoms with Crippen LogP contribution in [0.5, 0.6) is 5.88 Å². The molecule has 4 heteroatoms. The van der Waals surface area contributed by atoms with Gasteiger partial charge in [-0.2, -0.15) is 0 Å². The van der Waals surface area contributed by atoms with Gasteiger partial charge in [0.05, 0.1) is 6.61 Å². The zero-order chi connectivity index (χ0) is 13.7. The second-order valence-electron chi connectivity index (χ2n) is 4.34. The molecule has 0 N–H and O–H groups in total. The van der Waals surface area contributed by atoms with Gasteiger partial charge in [-0.15, -0.1) is 9.24 Å². The van der Waals surface area contributed by atoms with Crippen molar-refractivity contribution in [2.45, 2.75) is 12.8 Å². The normalized spacial score (nSPS) is 12.2. The van der Waals surface area contributed by atoms with Gasteiger partial charge in [0, 0.05) is 23.2 Å². The minimum absolute atomic E-state index is 0.292. The maximum Gasteiger partial charge on any atom is 0.213 e. The molecule has 0 aliphatic heterocycles. The van der Waals surface area contributed by atoms with Gasteiger partial charge in [-0.05, 0) is 29.4 Å². The highest BCUT2D eigenvalue weighted by Gasteiger charge is 2.09. The first-order chi connectivity index (χ1) is 9.20. The van der Waals surface area contributed by atoms with Crippen LogP contribution in [0.15, 0.2) is 42.6 Å². The number of hydrogen-bond donors (Lipinski definition) is 0. The Hall–Kier alpha value is -1.11. The van der Waals surface area contributed by atoms with Crippen LogP contribution in [0.3, 0.4) is 0 Å². The monoisotopic (exact) mass is 293 g/mol. The smallest absolute Gasteiger partial charge is 0.213 e. The zero-order valence-corrected chi connectivity index (χ0v) is 12.8. The third-order valence-corrected chi connectivity index (χ3v) is 3.48. The Morgan fingerprint density at radius 3 is 2.42 bits per heavy atom. The van der Waals surface area contributed by atoms with Gasteiger partial charge in [-0.3, -0.25) is 0 Å². The molecule has 2 unspecified atom stereocenters. The largest absolute Gasteiger partial charge is 0.477 e. The van der Waals surface area contributed by atoms with E-state index in [9.17, 15) is 0 Å². The van der Waals surface area contributed by atoms with Gasteiger partial charge in [0.15, 0.2) is 0 Å². The highest BCUT2D eigenvalue weighted by molar-refractivity contribution is 7.16. The highest BCUT2D eigenvalue weighted by Crippen LogP contribution is 2.25. The Labute approximate surface area is 121 Å². The first-order valence-corrected chi connectivity index (χ1v) is 7.44. The molecule has 0 spiro atoms. The Kier molecular flexibility index (Phi) is 5.18. The molecule has 0 radical (unpaired) electrons. The lowest BCUT2D eigenvalue weighted by atomic mass is 9.95. The Bertz CT molecular complexity index is 513. The first kappa shape index (κ1) is 14.3. The molecule has 0 saturated heterocycles. The molecule has 0 bridgehead atoms. The molecule has 0 amide bonds. The van der Waals surface area contributed by atoms with Crippen LogP contribution < -0.4 is 4.74 Å². The molecule has 2 rings (SSSR count). The number of aromatic nitrogens is 1. The van der Waals surface area contributed by atoms with Crippen LogP contribution in [0.4, 0.5) is 0 Å². The zero-order valence-electron chi connectivity index (χ0n) is 10.8. The SMILES string of the molecule is CC(c1ccc(Cl)cc1)c1ccc(OCCP)nc1. The van der Waals surface area contributed by atoms with Gasteiger partial charge < -0.3 is 4.74 Å². The van der Waals surface area contributed by atoms with E-state index in [1.54, 1.807) is 0 Å². The summed E-state index contributed by atoms with van der Waals surface area (Å²) in [6, 6.07) is 11.9. The van der Waals surface area contributed by atoms with Crippen LogP contribution in [-0.2, 0) is 0 Å². The van der Waals surface area contributed by atoms with Gasteiger partial charge in [0.2, 0.25) is 5.88 Å². The van der Waals surface area contributed by atoms with Gasteiger partial charge in [-0.1, -0.05) is 36.7 Å². The summed E-state index contributed by atoms with van der Waals surface area (Å²) in [4.78, 5) is 4.32. The maximum atomic E-state index is 5.90. The van der Waals surface area contributed by atoms with Gasteiger partial charge in [0.1, 0.15) is 0 Å². The van der Waals surface area contributed by atoms with Gasteiger partial charge >= 0.3 is 0 Å². The van der Waals surface area contributed by atoms with Crippen LogP contribution in [0.2, 0.25) is 5.02 Å². The van der Waals surface area contributed by atoms with Crippen LogP contribution in [0.25, 0.3) is 0 Å². The molecular formula is C15H17ClNOP. The predicted molar refractivity (Wildman–Crippen MR) is 83.3 cm³/mol. The highest BCUT2D eigenvalue weighted by atomic mass is 35.5. The van der Waals surface area contributed by atoms with Crippen molar-refractivity contribution < 1.29 is 4.74 Å². The summed E-state index contributed by atoms with van der Waals surface area (Å²) >= 11 is 5.90. The Balaban J connectivity index is 2.10. The molecule has 0 aliphatic carbocycles. The summed E-state index contributed by atoms with van der Waals surface area (Å²) < 4.78 is 5.46. The average molecular weight is 294 g/mol. The van der Waals surface area contributed by atoms with Crippen molar-refractivity contribution >= 4 is 20.8 Å². The second-order valence-corrected chi connectivity index (χ2v) is 5.35. The molecule has 2 atom stereocenters. The van der Waals surface area contributed by atoms with E-state index in [1.165, 1.54) is 11.1 Å². The number of rotatable bonds is 5. The predicted octanol–water partition coefficient (Wildman–Crippen LogP) is 4.14. The molecule has 2 nitrogen and oxygen atoms in total. The summed E-state index contributed by atoms with van der Waals surface area (Å²) in [5.74, 6) is 0.968. The third kappa shape index (κ3) is 3.92. The van der Waals surface area contributed by atoms with Gasteiger partial charge in [0.25, 0.3) is 0 Å². The van der Waals surface area contributed by atoms with E-state index in [0.29, 0.717) is 18.4 Å². The van der Waals surface area contributed by atoms with Crippen molar-refractivity contribution in [1.82, 2.24) is 4.98 Å². The molecule has 0 aliphatic rings. The molecule has 2 aromatic rings. The summed E-state index contributed by atoms with van der Waals surface area (Å²) in [7, 11) is 2.63. The summed E-state index contributed by atoms with van der Waals surface area (Å²) in [6.45, 7) is 2.83. The van der Waals surface area contributed by atoms with Crippen LogP contribution in [0, 0.1) is 0 Å². The number of benzene rings is 1. The van der Waals surface area contributed by atoms with Crippen LogP contribution in [0.1, 0.15) is 24.0 Å². The van der Waals surface area contributed by atoms with Crippen molar-refractivity contribution in [1.29, 1.82) is 0 Å². The number of pyridine rings is 1. The molecule has 1 aromatic heterocycles. The van der Waals surface area contributed by atoms with E-state index in [2.05, 4.69) is 27.2 Å². The molecule has 100 valence electrons. The molecule has 1 aromatic carbocycles. The third-order valence-electron chi connectivity index (χ3n) is 3.00. The molecule has 19 heavy (non-hydrogen) atoms. The number of hydrogen-bond acceptors (Lipinski definition) is 2. The van der Waals surface area contributed by atoms with E-state index >= 15 is 0 Å². The fourth-order valence-corrected chi connectivity index (χ4v) is 2.08. The van der Waals surface area contributed by atoms with Crippen molar-refractivity contribution in [2.24, 2.45) is 0 Å². The van der Waals surface area contributed by atoms with Crippen LogP contribution in [-0.4, -0.2) is 17.8 Å². The first-order valence-electron chi connectivity index (χ1n) is 6.25. The number of halogens is 1. The van der Waals surface area contributed by atoms with Crippen molar-refractivity contribution in [2.75, 3.05) is 12.8 Å².